The molecule has 0 aromatic heterocycles. The van der Waals surface area contributed by atoms with Gasteiger partial charge in [-0.2, -0.15) is 0 Å². The van der Waals surface area contributed by atoms with Crippen LogP contribution in [0.25, 0.3) is 0 Å². The third-order valence-electron chi connectivity index (χ3n) is 3.77. The number of phenolic OH excluding ortho intramolecular Hbond substituents is 2. The second-order valence-electron chi connectivity index (χ2n) is 5.94. The number of nitrogens with zero attached hydrogens (tertiary/aromatic N) is 2. The van der Waals surface area contributed by atoms with Gasteiger partial charge in [0, 0.05) is 46.9 Å². The van der Waals surface area contributed by atoms with E-state index in [2.05, 4.69) is 9.98 Å². The van der Waals surface area contributed by atoms with E-state index in [0.29, 0.717) is 16.8 Å². The Morgan fingerprint density at radius 1 is 0.875 bits per heavy atom. The van der Waals surface area contributed by atoms with Crippen LogP contribution < -0.4 is 5.11 Å². The Morgan fingerprint density at radius 3 is 1.75 bits per heavy atom. The van der Waals surface area contributed by atoms with Crippen LogP contribution in [0.15, 0.2) is 76.7 Å². The number of aliphatic hydroxyl groups excluding tert-OH is 1. The fourth-order valence-corrected chi connectivity index (χ4v) is 2.33. The Morgan fingerprint density at radius 2 is 1.31 bits per heavy atom. The fourth-order valence-electron chi connectivity index (χ4n) is 2.33. The van der Waals surface area contributed by atoms with Gasteiger partial charge >= 0.3 is 0 Å². The van der Waals surface area contributed by atoms with Crippen LogP contribution >= 0.6 is 0 Å². The van der Waals surface area contributed by atoms with Crippen molar-refractivity contribution >= 4 is 29.8 Å². The fraction of sp³-hybridized carbons (Fsp3) is 0.0870. The third-order valence-corrected chi connectivity index (χ3v) is 3.77. The summed E-state index contributed by atoms with van der Waals surface area (Å²) >= 11 is 0. The molecule has 3 aromatic carbocycles. The number of carbonyl (C=O) groups is 1. The smallest absolute Gasteiger partial charge is 0.124 e. The van der Waals surface area contributed by atoms with Gasteiger partial charge in [0.05, 0.1) is 17.3 Å². The minimum atomic E-state index is -1.33. The zero-order chi connectivity index (χ0) is 21.9. The van der Waals surface area contributed by atoms with E-state index >= 15 is 0 Å². The Bertz CT molecular complexity index is 1070. The van der Waals surface area contributed by atoms with Gasteiger partial charge in [0.25, 0.3) is 0 Å². The van der Waals surface area contributed by atoms with Crippen molar-refractivity contribution in [2.75, 3.05) is 6.61 Å². The Hall–Kier alpha value is -3.50. The SMILES string of the molecule is CCO.O.O=C([O-])c1ccc(N=Cc2ccccc2O)c(N=Cc2ccccc2O)c1.[Co]. The number of aromatic carboxylic acids is 1. The predicted molar refractivity (Wildman–Crippen MR) is 118 cm³/mol. The summed E-state index contributed by atoms with van der Waals surface area (Å²) in [5.41, 5.74) is 1.63. The number of hydrogen-bond donors (Lipinski definition) is 3. The standard InChI is InChI=1S/C21H16N2O4.C2H6O.Co.H2O/c24-19-7-3-1-5-15(19)12-22-17-10-9-14(21(26)27)11-18(17)23-13-16-6-2-4-8-20(16)25;1-2-3;;/h1-13,24-25H,(H,26,27);3H,2H2,1H3;;1H2/p-1. The molecule has 0 aliphatic carbocycles. The molecule has 0 aliphatic heterocycles. The van der Waals surface area contributed by atoms with Crippen molar-refractivity contribution in [2.45, 2.75) is 6.92 Å². The molecule has 5 N–H and O–H groups in total. The van der Waals surface area contributed by atoms with Gasteiger partial charge in [-0.3, -0.25) is 9.98 Å². The molecule has 3 rings (SSSR count). The van der Waals surface area contributed by atoms with Crippen LogP contribution in [-0.2, 0) is 16.8 Å². The van der Waals surface area contributed by atoms with E-state index in [1.807, 2.05) is 0 Å². The average molecular weight is 482 g/mol. The first-order chi connectivity index (χ1) is 14.5. The molecule has 0 unspecified atom stereocenters. The van der Waals surface area contributed by atoms with Gasteiger partial charge in [0.15, 0.2) is 0 Å². The van der Waals surface area contributed by atoms with Crippen LogP contribution in [0.4, 0.5) is 11.4 Å². The van der Waals surface area contributed by atoms with Gasteiger partial charge in [-0.05, 0) is 48.9 Å². The van der Waals surface area contributed by atoms with Crippen LogP contribution in [0, 0.1) is 0 Å². The minimum absolute atomic E-state index is 0. The molecule has 171 valence electrons. The number of para-hydroxylation sites is 2. The molecule has 0 saturated carbocycles. The van der Waals surface area contributed by atoms with Crippen LogP contribution in [0.3, 0.4) is 0 Å². The van der Waals surface area contributed by atoms with Crippen LogP contribution in [-0.4, -0.2) is 45.8 Å². The second-order valence-corrected chi connectivity index (χ2v) is 5.94. The van der Waals surface area contributed by atoms with Crippen molar-refractivity contribution in [1.29, 1.82) is 0 Å². The largest absolute Gasteiger partial charge is 0.545 e. The first-order valence-corrected chi connectivity index (χ1v) is 9.06. The van der Waals surface area contributed by atoms with Crippen molar-refractivity contribution in [2.24, 2.45) is 9.98 Å². The monoisotopic (exact) mass is 482 g/mol. The second kappa shape index (κ2) is 14.5. The van der Waals surface area contributed by atoms with Crippen molar-refractivity contribution in [3.63, 3.8) is 0 Å². The zero-order valence-corrected chi connectivity index (χ0v) is 18.1. The van der Waals surface area contributed by atoms with Gasteiger partial charge in [0.1, 0.15) is 11.5 Å². The normalized spacial score (nSPS) is 10.1. The molecule has 0 amide bonds. The summed E-state index contributed by atoms with van der Waals surface area (Å²) in [4.78, 5) is 19.7. The molecule has 32 heavy (non-hydrogen) atoms. The molecule has 8 nitrogen and oxygen atoms in total. The summed E-state index contributed by atoms with van der Waals surface area (Å²) in [5, 5.41) is 38.4. The van der Waals surface area contributed by atoms with Crippen LogP contribution in [0.2, 0.25) is 0 Å². The summed E-state index contributed by atoms with van der Waals surface area (Å²) in [6.07, 6.45) is 2.88. The van der Waals surface area contributed by atoms with Crippen molar-refractivity contribution in [3.8, 4) is 11.5 Å². The minimum Gasteiger partial charge on any atom is -0.545 e. The summed E-state index contributed by atoms with van der Waals surface area (Å²) in [5.74, 6) is -1.20. The molecule has 0 aliphatic rings. The molecule has 9 heteroatoms. The molecule has 3 aromatic rings. The Balaban J connectivity index is 0.00000182. The summed E-state index contributed by atoms with van der Waals surface area (Å²) < 4.78 is 0. The molecular weight excluding hydrogens is 459 g/mol. The first-order valence-electron chi connectivity index (χ1n) is 9.06. The van der Waals surface area contributed by atoms with Gasteiger partial charge in [0.2, 0.25) is 0 Å². The maximum atomic E-state index is 11.1. The molecule has 0 heterocycles. The van der Waals surface area contributed by atoms with Crippen LogP contribution in [0.5, 0.6) is 11.5 Å². The van der Waals surface area contributed by atoms with Crippen molar-refractivity contribution < 1.29 is 47.5 Å². The number of aliphatic hydroxyl groups is 1. The van der Waals surface area contributed by atoms with Gasteiger partial charge < -0.3 is 30.7 Å². The van der Waals surface area contributed by atoms with Gasteiger partial charge in [-0.1, -0.05) is 30.3 Å². The molecular formula is C23H23CoN2O6-. The van der Waals surface area contributed by atoms with Crippen molar-refractivity contribution in [1.82, 2.24) is 0 Å². The number of aromatic hydroxyl groups is 2. The summed E-state index contributed by atoms with van der Waals surface area (Å²) in [6, 6.07) is 17.5. The average Bonchev–Trinajstić information content (AvgIpc) is 2.73. The number of benzene rings is 3. The maximum Gasteiger partial charge on any atom is 0.124 e. The number of carboxylic acid groups (broad SMARTS) is 1. The van der Waals surface area contributed by atoms with Crippen molar-refractivity contribution in [3.05, 3.63) is 83.4 Å². The van der Waals surface area contributed by atoms with Crippen LogP contribution in [0.1, 0.15) is 28.4 Å². The summed E-state index contributed by atoms with van der Waals surface area (Å²) in [6.45, 7) is 1.93. The maximum absolute atomic E-state index is 11.1. The van der Waals surface area contributed by atoms with Gasteiger partial charge in [-0.25, -0.2) is 0 Å². The topological polar surface area (TPSA) is 157 Å². The van der Waals surface area contributed by atoms with E-state index in [1.54, 1.807) is 43.3 Å². The predicted octanol–water partition coefficient (Wildman–Crippen LogP) is 2.13. The van der Waals surface area contributed by atoms with E-state index in [-0.39, 0.29) is 51.6 Å². The molecule has 0 spiro atoms. The Kier molecular flexibility index (Phi) is 12.9. The Labute approximate surface area is 195 Å². The number of carboxylic acids is 1. The quantitative estimate of drug-likeness (QED) is 0.475. The molecule has 0 fully saturated rings. The number of aliphatic imine (C=N–C) groups is 2. The van der Waals surface area contributed by atoms with Gasteiger partial charge in [-0.15, -0.1) is 0 Å². The molecule has 0 saturated heterocycles. The number of rotatable bonds is 5. The molecule has 0 bridgehead atoms. The number of phenols is 2. The van der Waals surface area contributed by atoms with E-state index < -0.39 is 5.97 Å². The zero-order valence-electron chi connectivity index (χ0n) is 17.1. The number of hydrogen-bond acceptors (Lipinski definition) is 7. The first kappa shape index (κ1) is 28.5. The number of carbonyl (C=O) groups excluding carboxylic acids is 1. The third kappa shape index (κ3) is 8.32. The molecule has 1 radical (unpaired) electrons. The molecule has 0 atom stereocenters. The van der Waals surface area contributed by atoms with E-state index in [4.69, 9.17) is 5.11 Å². The van der Waals surface area contributed by atoms with E-state index in [1.165, 1.54) is 42.8 Å². The van der Waals surface area contributed by atoms with E-state index in [9.17, 15) is 20.1 Å². The van der Waals surface area contributed by atoms with E-state index in [0.717, 1.165) is 0 Å². The summed E-state index contributed by atoms with van der Waals surface area (Å²) in [7, 11) is 0.